The molecule has 0 saturated heterocycles. The number of nitrogens with one attached hydrogen (secondary N) is 1. The number of esters is 1. The first-order valence-corrected chi connectivity index (χ1v) is 5.51. The summed E-state index contributed by atoms with van der Waals surface area (Å²) < 4.78 is 10.1. The molecule has 2 rings (SSSR count). The van der Waals surface area contributed by atoms with E-state index in [9.17, 15) is 9.59 Å². The minimum Gasteiger partial charge on any atom is -0.479 e. The van der Waals surface area contributed by atoms with E-state index in [4.69, 9.17) is 14.6 Å². The van der Waals surface area contributed by atoms with Crippen molar-refractivity contribution >= 4 is 17.6 Å². The van der Waals surface area contributed by atoms with E-state index in [1.165, 1.54) is 6.07 Å². The van der Waals surface area contributed by atoms with Crippen LogP contribution >= 0.6 is 0 Å². The number of anilines is 1. The van der Waals surface area contributed by atoms with Crippen LogP contribution in [0.15, 0.2) is 18.2 Å². The van der Waals surface area contributed by atoms with Gasteiger partial charge in [-0.1, -0.05) is 0 Å². The monoisotopic (exact) mass is 251 g/mol. The lowest BCUT2D eigenvalue weighted by molar-refractivity contribution is -0.122. The summed E-state index contributed by atoms with van der Waals surface area (Å²) in [6.45, 7) is 1.35. The van der Waals surface area contributed by atoms with Gasteiger partial charge in [0.15, 0.2) is 6.10 Å². The number of carbonyl (C=O) groups is 2. The Morgan fingerprint density at radius 3 is 3.06 bits per heavy atom. The average Bonchev–Trinajstić information content (AvgIpc) is 2.36. The summed E-state index contributed by atoms with van der Waals surface area (Å²) in [4.78, 5) is 23.0. The van der Waals surface area contributed by atoms with Crippen molar-refractivity contribution in [1.82, 2.24) is 0 Å². The molecule has 6 heteroatoms. The van der Waals surface area contributed by atoms with Crippen LogP contribution in [-0.4, -0.2) is 36.3 Å². The van der Waals surface area contributed by atoms with Crippen LogP contribution in [0.5, 0.6) is 5.75 Å². The fraction of sp³-hybridized carbons (Fsp3) is 0.333. The Balaban J connectivity index is 2.19. The predicted octanol–water partition coefficient (Wildman–Crippen LogP) is 0.555. The highest BCUT2D eigenvalue weighted by Gasteiger charge is 2.24. The van der Waals surface area contributed by atoms with Crippen LogP contribution in [0.1, 0.15) is 17.3 Å². The number of aliphatic hydroxyl groups is 1. The molecule has 1 unspecified atom stereocenters. The van der Waals surface area contributed by atoms with E-state index in [1.807, 2.05) is 0 Å². The zero-order valence-corrected chi connectivity index (χ0v) is 9.80. The zero-order chi connectivity index (χ0) is 13.1. The number of hydrogen-bond acceptors (Lipinski definition) is 5. The lowest BCUT2D eigenvalue weighted by Crippen LogP contribution is -2.34. The van der Waals surface area contributed by atoms with Gasteiger partial charge in [-0.25, -0.2) is 4.79 Å². The Hall–Kier alpha value is -2.08. The van der Waals surface area contributed by atoms with Crippen molar-refractivity contribution in [3.63, 3.8) is 0 Å². The Bertz CT molecular complexity index is 485. The second kappa shape index (κ2) is 5.05. The first-order chi connectivity index (χ1) is 8.61. The molecule has 0 saturated carbocycles. The maximum Gasteiger partial charge on any atom is 0.338 e. The summed E-state index contributed by atoms with van der Waals surface area (Å²) in [6, 6.07) is 4.63. The highest BCUT2D eigenvalue weighted by atomic mass is 16.5. The molecule has 1 aliphatic heterocycles. The molecule has 0 spiro atoms. The van der Waals surface area contributed by atoms with Crippen molar-refractivity contribution in [2.24, 2.45) is 0 Å². The third-order valence-corrected chi connectivity index (χ3v) is 2.47. The Morgan fingerprint density at radius 2 is 2.33 bits per heavy atom. The summed E-state index contributed by atoms with van der Waals surface area (Å²) in [5, 5.41) is 11.2. The van der Waals surface area contributed by atoms with Crippen LogP contribution in [0.25, 0.3) is 0 Å². The van der Waals surface area contributed by atoms with Crippen molar-refractivity contribution in [2.45, 2.75) is 13.0 Å². The second-order valence-corrected chi connectivity index (χ2v) is 3.82. The predicted molar refractivity (Wildman–Crippen MR) is 62.5 cm³/mol. The van der Waals surface area contributed by atoms with Crippen molar-refractivity contribution < 1.29 is 24.2 Å². The van der Waals surface area contributed by atoms with Crippen LogP contribution < -0.4 is 10.1 Å². The quantitative estimate of drug-likeness (QED) is 0.766. The molecule has 2 N–H and O–H groups in total. The van der Waals surface area contributed by atoms with Gasteiger partial charge in [0, 0.05) is 0 Å². The van der Waals surface area contributed by atoms with E-state index in [1.54, 1.807) is 19.1 Å². The largest absolute Gasteiger partial charge is 0.479 e. The van der Waals surface area contributed by atoms with Gasteiger partial charge in [0.2, 0.25) is 0 Å². The SMILES string of the molecule is CC1Oc2ccc(C(=O)OCCO)cc2NC1=O. The molecule has 1 aromatic carbocycles. The molecule has 6 nitrogen and oxygen atoms in total. The molecule has 1 aliphatic rings. The van der Waals surface area contributed by atoms with Crippen LogP contribution in [0.2, 0.25) is 0 Å². The van der Waals surface area contributed by atoms with E-state index in [2.05, 4.69) is 5.32 Å². The van der Waals surface area contributed by atoms with Gasteiger partial charge in [0.1, 0.15) is 12.4 Å². The Morgan fingerprint density at radius 1 is 1.56 bits per heavy atom. The van der Waals surface area contributed by atoms with E-state index < -0.39 is 12.1 Å². The minimum atomic E-state index is -0.556. The van der Waals surface area contributed by atoms with Crippen molar-refractivity contribution in [2.75, 3.05) is 18.5 Å². The van der Waals surface area contributed by atoms with Gasteiger partial charge in [-0.2, -0.15) is 0 Å². The maximum atomic E-state index is 11.5. The first kappa shape index (κ1) is 12.4. The molecule has 18 heavy (non-hydrogen) atoms. The minimum absolute atomic E-state index is 0.0597. The van der Waals surface area contributed by atoms with Gasteiger partial charge in [-0.05, 0) is 25.1 Å². The third kappa shape index (κ3) is 2.43. The fourth-order valence-electron chi connectivity index (χ4n) is 1.56. The number of benzene rings is 1. The van der Waals surface area contributed by atoms with Crippen LogP contribution in [0.3, 0.4) is 0 Å². The van der Waals surface area contributed by atoms with Crippen LogP contribution in [-0.2, 0) is 9.53 Å². The number of fused-ring (bicyclic) bond motifs is 1. The van der Waals surface area contributed by atoms with Gasteiger partial charge < -0.3 is 19.9 Å². The molecule has 1 aromatic rings. The number of aliphatic hydroxyl groups excluding tert-OH is 1. The van der Waals surface area contributed by atoms with Gasteiger partial charge in [0.25, 0.3) is 5.91 Å². The zero-order valence-electron chi connectivity index (χ0n) is 9.80. The second-order valence-electron chi connectivity index (χ2n) is 3.82. The lowest BCUT2D eigenvalue weighted by atomic mass is 10.1. The van der Waals surface area contributed by atoms with Gasteiger partial charge in [-0.3, -0.25) is 4.79 Å². The molecule has 0 aromatic heterocycles. The van der Waals surface area contributed by atoms with Gasteiger partial charge in [0.05, 0.1) is 17.9 Å². The van der Waals surface area contributed by atoms with E-state index in [0.717, 1.165) is 0 Å². The average molecular weight is 251 g/mol. The van der Waals surface area contributed by atoms with Crippen LogP contribution in [0, 0.1) is 0 Å². The van der Waals surface area contributed by atoms with E-state index in [0.29, 0.717) is 17.0 Å². The highest BCUT2D eigenvalue weighted by molar-refractivity contribution is 5.99. The Labute approximate surface area is 104 Å². The summed E-state index contributed by atoms with van der Waals surface area (Å²) >= 11 is 0. The first-order valence-electron chi connectivity index (χ1n) is 5.51. The molecule has 96 valence electrons. The highest BCUT2D eigenvalue weighted by Crippen LogP contribution is 2.30. The third-order valence-electron chi connectivity index (χ3n) is 2.47. The normalized spacial score (nSPS) is 17.4. The summed E-state index contributed by atoms with van der Waals surface area (Å²) in [5.74, 6) is -0.302. The van der Waals surface area contributed by atoms with Crippen LogP contribution in [0.4, 0.5) is 5.69 Å². The number of ether oxygens (including phenoxy) is 2. The van der Waals surface area contributed by atoms with Crippen molar-refractivity contribution in [1.29, 1.82) is 0 Å². The molecular formula is C12H13NO5. The molecular weight excluding hydrogens is 238 g/mol. The number of rotatable bonds is 3. The van der Waals surface area contributed by atoms with E-state index >= 15 is 0 Å². The van der Waals surface area contributed by atoms with Gasteiger partial charge in [-0.15, -0.1) is 0 Å². The van der Waals surface area contributed by atoms with E-state index in [-0.39, 0.29) is 19.1 Å². The fourth-order valence-corrected chi connectivity index (χ4v) is 1.56. The summed E-state index contributed by atoms with van der Waals surface area (Å²) in [7, 11) is 0. The summed E-state index contributed by atoms with van der Waals surface area (Å²) in [6.07, 6.45) is -0.551. The molecule has 0 radical (unpaired) electrons. The molecule has 1 atom stereocenters. The standard InChI is InChI=1S/C12H13NO5/c1-7-11(15)13-9-6-8(2-3-10(9)18-7)12(16)17-5-4-14/h2-3,6-7,14H,4-5H2,1H3,(H,13,15). The lowest BCUT2D eigenvalue weighted by Gasteiger charge is -2.23. The Kier molecular flexibility index (Phi) is 3.47. The number of hydrogen-bond donors (Lipinski definition) is 2. The molecule has 0 bridgehead atoms. The van der Waals surface area contributed by atoms with Gasteiger partial charge >= 0.3 is 5.97 Å². The van der Waals surface area contributed by atoms with Crippen molar-refractivity contribution in [3.05, 3.63) is 23.8 Å². The summed E-state index contributed by atoms with van der Waals surface area (Å²) in [5.41, 5.74) is 0.734. The molecule has 0 aliphatic carbocycles. The number of carbonyl (C=O) groups excluding carboxylic acids is 2. The number of amides is 1. The van der Waals surface area contributed by atoms with Crippen molar-refractivity contribution in [3.8, 4) is 5.75 Å². The molecule has 1 heterocycles. The molecule has 1 amide bonds. The smallest absolute Gasteiger partial charge is 0.338 e. The topological polar surface area (TPSA) is 84.9 Å². The maximum absolute atomic E-state index is 11.5. The molecule has 0 fully saturated rings.